The molecule has 2 N–H and O–H groups in total. The lowest BCUT2D eigenvalue weighted by Crippen LogP contribution is -2.03. The van der Waals surface area contributed by atoms with Crippen molar-refractivity contribution in [2.45, 2.75) is 0 Å². The highest BCUT2D eigenvalue weighted by Crippen LogP contribution is 2.23. The molecule has 0 saturated heterocycles. The number of hydrogen-bond donors (Lipinski definition) is 2. The molecule has 2 rings (SSSR count). The second-order valence-corrected chi connectivity index (χ2v) is 2.88. The van der Waals surface area contributed by atoms with Crippen LogP contribution >= 0.6 is 0 Å². The highest BCUT2D eigenvalue weighted by molar-refractivity contribution is 5.49. The number of aromatic hydroxyl groups is 1. The lowest BCUT2D eigenvalue weighted by molar-refractivity contribution is 0.435. The van der Waals surface area contributed by atoms with Crippen LogP contribution in [0.4, 0.5) is 5.69 Å². The van der Waals surface area contributed by atoms with E-state index in [9.17, 15) is 14.8 Å². The van der Waals surface area contributed by atoms with Gasteiger partial charge in [0.25, 0.3) is 5.56 Å². The second kappa shape index (κ2) is 3.41. The first-order chi connectivity index (χ1) is 7.24. The molecule has 2 aromatic rings. The van der Waals surface area contributed by atoms with E-state index in [1.54, 1.807) is 30.3 Å². The number of para-hydroxylation sites is 1. The summed E-state index contributed by atoms with van der Waals surface area (Å²) < 4.78 is 1.10. The Morgan fingerprint density at radius 1 is 1.27 bits per heavy atom. The summed E-state index contributed by atoms with van der Waals surface area (Å²) in [6, 6.07) is 8.61. The highest BCUT2D eigenvalue weighted by Gasteiger charge is 2.15. The van der Waals surface area contributed by atoms with E-state index in [4.69, 9.17) is 0 Å². The van der Waals surface area contributed by atoms with Gasteiger partial charge in [0, 0.05) is 0 Å². The number of benzene rings is 1. The number of H-pyrrole nitrogens is 1. The SMILES string of the molecule is O=Nc1c(O)n(-c2ccccc2)[nH]c1=O. The smallest absolute Gasteiger partial charge is 0.298 e. The summed E-state index contributed by atoms with van der Waals surface area (Å²) in [5.41, 5.74) is -0.688. The van der Waals surface area contributed by atoms with Gasteiger partial charge < -0.3 is 5.11 Å². The molecule has 6 nitrogen and oxygen atoms in total. The zero-order valence-electron chi connectivity index (χ0n) is 7.54. The zero-order chi connectivity index (χ0) is 10.8. The van der Waals surface area contributed by atoms with E-state index in [1.807, 2.05) is 0 Å². The van der Waals surface area contributed by atoms with Crippen molar-refractivity contribution in [1.82, 2.24) is 9.78 Å². The fourth-order valence-electron chi connectivity index (χ4n) is 1.26. The molecule has 1 heterocycles. The Labute approximate surface area is 83.7 Å². The predicted octanol–water partition coefficient (Wildman–Crippen LogP) is 1.27. The summed E-state index contributed by atoms with van der Waals surface area (Å²) in [5.74, 6) is -0.485. The van der Waals surface area contributed by atoms with Crippen LogP contribution in [0, 0.1) is 4.91 Å². The predicted molar refractivity (Wildman–Crippen MR) is 53.5 cm³/mol. The summed E-state index contributed by atoms with van der Waals surface area (Å²) in [7, 11) is 0. The Bertz CT molecular complexity index is 541. The second-order valence-electron chi connectivity index (χ2n) is 2.88. The van der Waals surface area contributed by atoms with Crippen LogP contribution < -0.4 is 5.56 Å². The maximum Gasteiger partial charge on any atom is 0.298 e. The number of hydrogen-bond acceptors (Lipinski definition) is 4. The molecule has 0 aliphatic carbocycles. The van der Waals surface area contributed by atoms with Crippen molar-refractivity contribution < 1.29 is 5.11 Å². The third kappa shape index (κ3) is 1.41. The van der Waals surface area contributed by atoms with Gasteiger partial charge in [-0.25, -0.2) is 4.68 Å². The number of aromatic amines is 1. The molecule has 0 unspecified atom stereocenters. The topological polar surface area (TPSA) is 87.4 Å². The summed E-state index contributed by atoms with van der Waals surface area (Å²) >= 11 is 0. The zero-order valence-corrected chi connectivity index (χ0v) is 7.54. The van der Waals surface area contributed by atoms with Crippen LogP contribution in [-0.2, 0) is 0 Å². The minimum Gasteiger partial charge on any atom is -0.492 e. The van der Waals surface area contributed by atoms with Gasteiger partial charge in [0.15, 0.2) is 0 Å². The first-order valence-corrected chi connectivity index (χ1v) is 4.17. The van der Waals surface area contributed by atoms with Gasteiger partial charge in [0.05, 0.1) is 5.69 Å². The summed E-state index contributed by atoms with van der Waals surface area (Å²) in [5, 5.41) is 14.2. The number of nitrogens with zero attached hydrogens (tertiary/aromatic N) is 2. The van der Waals surface area contributed by atoms with E-state index in [0.717, 1.165) is 4.68 Å². The van der Waals surface area contributed by atoms with Crippen LogP contribution in [0.5, 0.6) is 5.88 Å². The van der Waals surface area contributed by atoms with Crippen molar-refractivity contribution in [1.29, 1.82) is 0 Å². The van der Waals surface area contributed by atoms with Crippen molar-refractivity contribution in [3.63, 3.8) is 0 Å². The van der Waals surface area contributed by atoms with Gasteiger partial charge in [-0.05, 0) is 17.3 Å². The van der Waals surface area contributed by atoms with Crippen molar-refractivity contribution in [3.05, 3.63) is 45.6 Å². The van der Waals surface area contributed by atoms with Crippen LogP contribution in [0.3, 0.4) is 0 Å². The van der Waals surface area contributed by atoms with Gasteiger partial charge in [-0.15, -0.1) is 4.91 Å². The average molecular weight is 205 g/mol. The first-order valence-electron chi connectivity index (χ1n) is 4.17. The monoisotopic (exact) mass is 205 g/mol. The van der Waals surface area contributed by atoms with Gasteiger partial charge >= 0.3 is 0 Å². The molecule has 0 aliphatic heterocycles. The van der Waals surface area contributed by atoms with Crippen molar-refractivity contribution in [2.24, 2.45) is 5.18 Å². The molecule has 76 valence electrons. The van der Waals surface area contributed by atoms with Gasteiger partial charge in [0.1, 0.15) is 0 Å². The standard InChI is InChI=1S/C9H7N3O3/c13-8-7(11-15)9(14)12(10-8)6-4-2-1-3-5-6/h1-5,14H,(H,10,13). The molecular weight excluding hydrogens is 198 g/mol. The molecule has 0 spiro atoms. The Balaban J connectivity index is 2.65. The van der Waals surface area contributed by atoms with E-state index in [1.165, 1.54) is 0 Å². The molecule has 0 fully saturated rings. The van der Waals surface area contributed by atoms with Crippen molar-refractivity contribution in [2.75, 3.05) is 0 Å². The van der Waals surface area contributed by atoms with Crippen LogP contribution in [0.2, 0.25) is 0 Å². The van der Waals surface area contributed by atoms with E-state index in [-0.39, 0.29) is 0 Å². The Kier molecular flexibility index (Phi) is 2.09. The average Bonchev–Trinajstić information content (AvgIpc) is 2.55. The molecule has 1 aromatic heterocycles. The van der Waals surface area contributed by atoms with Crippen molar-refractivity contribution >= 4 is 5.69 Å². The Hall–Kier alpha value is -2.37. The maximum atomic E-state index is 11.1. The third-order valence-electron chi connectivity index (χ3n) is 1.96. The van der Waals surface area contributed by atoms with E-state index < -0.39 is 17.1 Å². The minimum absolute atomic E-state index is 0.485. The van der Waals surface area contributed by atoms with Crippen LogP contribution in [0.15, 0.2) is 40.3 Å². The molecular formula is C9H7N3O3. The number of nitroso groups, excluding NO2 is 1. The Morgan fingerprint density at radius 3 is 2.47 bits per heavy atom. The lowest BCUT2D eigenvalue weighted by Gasteiger charge is -2.02. The summed E-state index contributed by atoms with van der Waals surface area (Å²) in [4.78, 5) is 21.4. The molecule has 0 aliphatic rings. The van der Waals surface area contributed by atoms with E-state index >= 15 is 0 Å². The molecule has 6 heteroatoms. The largest absolute Gasteiger partial charge is 0.492 e. The highest BCUT2D eigenvalue weighted by atomic mass is 16.3. The Morgan fingerprint density at radius 2 is 1.93 bits per heavy atom. The molecule has 0 amide bonds. The van der Waals surface area contributed by atoms with Crippen LogP contribution in [0.1, 0.15) is 0 Å². The van der Waals surface area contributed by atoms with Gasteiger partial charge in [-0.3, -0.25) is 9.89 Å². The molecule has 0 bridgehead atoms. The van der Waals surface area contributed by atoms with E-state index in [0.29, 0.717) is 5.69 Å². The molecule has 0 saturated carbocycles. The molecule has 0 radical (unpaired) electrons. The first kappa shape index (κ1) is 9.20. The van der Waals surface area contributed by atoms with Gasteiger partial charge in [0.2, 0.25) is 11.6 Å². The number of rotatable bonds is 2. The third-order valence-corrected chi connectivity index (χ3v) is 1.96. The van der Waals surface area contributed by atoms with Gasteiger partial charge in [-0.1, -0.05) is 18.2 Å². The van der Waals surface area contributed by atoms with Crippen LogP contribution in [0.25, 0.3) is 5.69 Å². The van der Waals surface area contributed by atoms with Gasteiger partial charge in [-0.2, -0.15) is 0 Å². The number of nitrogens with one attached hydrogen (secondary N) is 1. The lowest BCUT2D eigenvalue weighted by atomic mass is 10.3. The normalized spacial score (nSPS) is 10.1. The molecule has 15 heavy (non-hydrogen) atoms. The van der Waals surface area contributed by atoms with Crippen molar-refractivity contribution in [3.8, 4) is 11.6 Å². The fourth-order valence-corrected chi connectivity index (χ4v) is 1.26. The summed E-state index contributed by atoms with van der Waals surface area (Å²) in [6.07, 6.45) is 0. The van der Waals surface area contributed by atoms with E-state index in [2.05, 4.69) is 10.3 Å². The molecule has 0 atom stereocenters. The molecule has 1 aromatic carbocycles. The summed E-state index contributed by atoms with van der Waals surface area (Å²) in [6.45, 7) is 0. The minimum atomic E-state index is -0.716. The number of aromatic nitrogens is 2. The van der Waals surface area contributed by atoms with Crippen LogP contribution in [-0.4, -0.2) is 14.9 Å². The maximum absolute atomic E-state index is 11.1. The fraction of sp³-hybridized carbons (Fsp3) is 0. The quantitative estimate of drug-likeness (QED) is 0.723.